The quantitative estimate of drug-likeness (QED) is 0.560. The maximum absolute atomic E-state index is 5.52. The summed E-state index contributed by atoms with van der Waals surface area (Å²) in [5.41, 5.74) is 2.21. The van der Waals surface area contributed by atoms with Crippen molar-refractivity contribution in [1.82, 2.24) is 4.57 Å². The highest BCUT2D eigenvalue weighted by Gasteiger charge is 2.11. The first-order valence-corrected chi connectivity index (χ1v) is 5.42. The zero-order valence-corrected chi connectivity index (χ0v) is 9.90. The fraction of sp³-hybridized carbons (Fsp3) is 0.308. The van der Waals surface area contributed by atoms with E-state index in [2.05, 4.69) is 27.8 Å². The molecule has 0 bridgehead atoms. The number of para-hydroxylation sites is 1. The fourth-order valence-corrected chi connectivity index (χ4v) is 1.88. The summed E-state index contributed by atoms with van der Waals surface area (Å²) >= 11 is 0. The van der Waals surface area contributed by atoms with E-state index in [4.69, 9.17) is 4.74 Å². The molecule has 0 saturated heterocycles. The lowest BCUT2D eigenvalue weighted by molar-refractivity contribution is 0.326. The first-order chi connectivity index (χ1) is 7.77. The van der Waals surface area contributed by atoms with Crippen LogP contribution in [0.1, 0.15) is 12.6 Å². The Morgan fingerprint density at radius 1 is 1.38 bits per heavy atom. The first kappa shape index (κ1) is 10.7. The van der Waals surface area contributed by atoms with Crippen molar-refractivity contribution in [1.29, 1.82) is 0 Å². The second-order valence-corrected chi connectivity index (χ2v) is 3.61. The molecule has 3 heteroatoms. The predicted octanol–water partition coefficient (Wildman–Crippen LogP) is 2.59. The third kappa shape index (κ3) is 1.69. The van der Waals surface area contributed by atoms with E-state index in [1.165, 1.54) is 10.9 Å². The van der Waals surface area contributed by atoms with Crippen LogP contribution in [-0.2, 0) is 11.8 Å². The summed E-state index contributed by atoms with van der Waals surface area (Å²) in [6.45, 7) is 2.60. The van der Waals surface area contributed by atoms with Gasteiger partial charge in [0.2, 0.25) is 5.90 Å². The standard InChI is InChI=1S/C13H16N2O/c1-4-16-13(14-2)12-9-10-7-5-6-8-11(10)15(12)3/h5-9H,4H2,1-3H3. The minimum absolute atomic E-state index is 0.633. The van der Waals surface area contributed by atoms with Crippen molar-refractivity contribution in [3.8, 4) is 0 Å². The van der Waals surface area contributed by atoms with Crippen LogP contribution >= 0.6 is 0 Å². The third-order valence-electron chi connectivity index (χ3n) is 2.65. The van der Waals surface area contributed by atoms with Gasteiger partial charge in [0, 0.05) is 25.0 Å². The highest BCUT2D eigenvalue weighted by atomic mass is 16.5. The average molecular weight is 216 g/mol. The number of aromatic nitrogens is 1. The Bertz CT molecular complexity index is 526. The smallest absolute Gasteiger partial charge is 0.233 e. The van der Waals surface area contributed by atoms with Crippen LogP contribution in [0.2, 0.25) is 0 Å². The Labute approximate surface area is 95.4 Å². The molecule has 0 aliphatic heterocycles. The highest BCUT2D eigenvalue weighted by molar-refractivity contribution is 5.98. The number of aryl methyl sites for hydroxylation is 1. The lowest BCUT2D eigenvalue weighted by Gasteiger charge is -2.07. The Morgan fingerprint density at radius 3 is 2.75 bits per heavy atom. The third-order valence-corrected chi connectivity index (χ3v) is 2.65. The molecule has 0 atom stereocenters. The van der Waals surface area contributed by atoms with Crippen molar-refractivity contribution < 1.29 is 4.74 Å². The molecule has 16 heavy (non-hydrogen) atoms. The summed E-state index contributed by atoms with van der Waals surface area (Å²) in [5, 5.41) is 1.21. The van der Waals surface area contributed by atoms with E-state index in [1.54, 1.807) is 7.05 Å². The number of ether oxygens (including phenoxy) is 1. The minimum Gasteiger partial charge on any atom is -0.477 e. The molecule has 1 aromatic heterocycles. The molecule has 0 aliphatic rings. The van der Waals surface area contributed by atoms with Crippen LogP contribution < -0.4 is 0 Å². The molecule has 1 heterocycles. The summed E-state index contributed by atoms with van der Waals surface area (Å²) in [4.78, 5) is 4.18. The first-order valence-electron chi connectivity index (χ1n) is 5.42. The van der Waals surface area contributed by atoms with Crippen LogP contribution in [0.3, 0.4) is 0 Å². The molecule has 2 aromatic rings. The van der Waals surface area contributed by atoms with Crippen LogP contribution in [0.15, 0.2) is 35.3 Å². The van der Waals surface area contributed by atoms with Gasteiger partial charge in [-0.1, -0.05) is 18.2 Å². The van der Waals surface area contributed by atoms with Crippen molar-refractivity contribution >= 4 is 16.8 Å². The van der Waals surface area contributed by atoms with Crippen molar-refractivity contribution in [2.24, 2.45) is 12.0 Å². The molecule has 0 aliphatic carbocycles. The number of hydrogen-bond donors (Lipinski definition) is 0. The molecule has 2 rings (SSSR count). The van der Waals surface area contributed by atoms with Crippen LogP contribution in [0.4, 0.5) is 0 Å². The van der Waals surface area contributed by atoms with E-state index < -0.39 is 0 Å². The molecule has 0 unspecified atom stereocenters. The Morgan fingerprint density at radius 2 is 2.12 bits per heavy atom. The fourth-order valence-electron chi connectivity index (χ4n) is 1.88. The lowest BCUT2D eigenvalue weighted by Crippen LogP contribution is -2.10. The SMILES string of the molecule is CCOC(=NC)c1cc2ccccc2n1C. The van der Waals surface area contributed by atoms with E-state index in [1.807, 2.05) is 26.1 Å². The highest BCUT2D eigenvalue weighted by Crippen LogP contribution is 2.19. The zero-order chi connectivity index (χ0) is 11.5. The summed E-state index contributed by atoms with van der Waals surface area (Å²) in [6.07, 6.45) is 0. The zero-order valence-electron chi connectivity index (χ0n) is 9.90. The van der Waals surface area contributed by atoms with Gasteiger partial charge in [0.05, 0.1) is 6.61 Å². The van der Waals surface area contributed by atoms with Crippen LogP contribution in [0.5, 0.6) is 0 Å². The number of aliphatic imine (C=N–C) groups is 1. The number of fused-ring (bicyclic) bond motifs is 1. The summed E-state index contributed by atoms with van der Waals surface area (Å²) < 4.78 is 7.62. The van der Waals surface area contributed by atoms with Crippen molar-refractivity contribution in [2.75, 3.05) is 13.7 Å². The Balaban J connectivity index is 2.56. The van der Waals surface area contributed by atoms with Gasteiger partial charge in [-0.2, -0.15) is 0 Å². The minimum atomic E-state index is 0.633. The van der Waals surface area contributed by atoms with Crippen molar-refractivity contribution in [2.45, 2.75) is 6.92 Å². The summed E-state index contributed by atoms with van der Waals surface area (Å²) in [5.74, 6) is 0.696. The van der Waals surface area contributed by atoms with Gasteiger partial charge in [-0.25, -0.2) is 0 Å². The predicted molar refractivity (Wildman–Crippen MR) is 67.0 cm³/mol. The number of hydrogen-bond acceptors (Lipinski definition) is 2. The van der Waals surface area contributed by atoms with E-state index >= 15 is 0 Å². The molecular weight excluding hydrogens is 200 g/mol. The van der Waals surface area contributed by atoms with Gasteiger partial charge in [0.15, 0.2) is 0 Å². The van der Waals surface area contributed by atoms with Crippen molar-refractivity contribution in [3.63, 3.8) is 0 Å². The second-order valence-electron chi connectivity index (χ2n) is 3.61. The topological polar surface area (TPSA) is 26.5 Å². The largest absolute Gasteiger partial charge is 0.477 e. The van der Waals surface area contributed by atoms with Crippen molar-refractivity contribution in [3.05, 3.63) is 36.0 Å². The molecule has 0 fully saturated rings. The molecular formula is C13H16N2O. The molecule has 3 nitrogen and oxygen atoms in total. The number of nitrogens with zero attached hydrogens (tertiary/aromatic N) is 2. The van der Waals surface area contributed by atoms with Gasteiger partial charge < -0.3 is 9.30 Å². The van der Waals surface area contributed by atoms with Crippen LogP contribution in [0.25, 0.3) is 10.9 Å². The van der Waals surface area contributed by atoms with Crippen LogP contribution in [-0.4, -0.2) is 24.1 Å². The summed E-state index contributed by atoms with van der Waals surface area (Å²) in [6, 6.07) is 10.4. The monoisotopic (exact) mass is 216 g/mol. The van der Waals surface area contributed by atoms with E-state index in [0.29, 0.717) is 12.5 Å². The molecule has 0 amide bonds. The molecule has 84 valence electrons. The van der Waals surface area contributed by atoms with Gasteiger partial charge in [-0.05, 0) is 19.1 Å². The van der Waals surface area contributed by atoms with Gasteiger partial charge in [0.25, 0.3) is 0 Å². The van der Waals surface area contributed by atoms with Gasteiger partial charge >= 0.3 is 0 Å². The van der Waals surface area contributed by atoms with Crippen LogP contribution in [0, 0.1) is 0 Å². The average Bonchev–Trinajstić information content (AvgIpc) is 2.64. The molecule has 1 aromatic carbocycles. The Kier molecular flexibility index (Phi) is 2.95. The maximum atomic E-state index is 5.52. The summed E-state index contributed by atoms with van der Waals surface area (Å²) in [7, 11) is 3.78. The maximum Gasteiger partial charge on any atom is 0.233 e. The second kappa shape index (κ2) is 4.39. The molecule has 0 saturated carbocycles. The lowest BCUT2D eigenvalue weighted by atomic mass is 10.2. The van der Waals surface area contributed by atoms with E-state index in [0.717, 1.165) is 5.69 Å². The number of benzene rings is 1. The molecule has 0 radical (unpaired) electrons. The number of rotatable bonds is 2. The van der Waals surface area contributed by atoms with Gasteiger partial charge in [-0.15, -0.1) is 0 Å². The normalized spacial score (nSPS) is 12.1. The Hall–Kier alpha value is -1.77. The van der Waals surface area contributed by atoms with Gasteiger partial charge in [-0.3, -0.25) is 4.99 Å². The van der Waals surface area contributed by atoms with Gasteiger partial charge in [0.1, 0.15) is 5.69 Å². The molecule has 0 N–H and O–H groups in total. The van der Waals surface area contributed by atoms with E-state index in [-0.39, 0.29) is 0 Å². The van der Waals surface area contributed by atoms with E-state index in [9.17, 15) is 0 Å². The molecule has 0 spiro atoms.